The highest BCUT2D eigenvalue weighted by Gasteiger charge is 2.09. The molecule has 1 heterocycles. The van der Waals surface area contributed by atoms with Crippen LogP contribution < -0.4 is 10.6 Å². The van der Waals surface area contributed by atoms with Gasteiger partial charge in [0.25, 0.3) is 5.91 Å². The Morgan fingerprint density at radius 3 is 2.74 bits per heavy atom. The average Bonchev–Trinajstić information content (AvgIpc) is 3.18. The number of rotatable bonds is 11. The van der Waals surface area contributed by atoms with Gasteiger partial charge in [0.15, 0.2) is 0 Å². The van der Waals surface area contributed by atoms with Gasteiger partial charge in [-0.2, -0.15) is 0 Å². The van der Waals surface area contributed by atoms with Crippen molar-refractivity contribution in [1.82, 2.24) is 15.5 Å². The molecule has 0 atom stereocenters. The lowest BCUT2D eigenvalue weighted by Crippen LogP contribution is -2.35. The van der Waals surface area contributed by atoms with Gasteiger partial charge in [-0.3, -0.25) is 14.5 Å². The molecule has 0 unspecified atom stereocenters. The van der Waals surface area contributed by atoms with Crippen molar-refractivity contribution < 1.29 is 18.7 Å². The maximum atomic E-state index is 12.2. The van der Waals surface area contributed by atoms with Gasteiger partial charge in [-0.25, -0.2) is 0 Å². The number of nitrogens with one attached hydrogen (secondary N) is 2. The SMILES string of the molecule is COCCCN(C)CC(=O)NCc1cccc(C(=O)NCc2ccco2)c1. The number of hydrogen-bond acceptors (Lipinski definition) is 5. The quantitative estimate of drug-likeness (QED) is 0.587. The van der Waals surface area contributed by atoms with E-state index >= 15 is 0 Å². The van der Waals surface area contributed by atoms with Crippen LogP contribution in [0.3, 0.4) is 0 Å². The second-order valence-corrected chi connectivity index (χ2v) is 6.32. The highest BCUT2D eigenvalue weighted by Crippen LogP contribution is 2.06. The lowest BCUT2D eigenvalue weighted by molar-refractivity contribution is -0.122. The van der Waals surface area contributed by atoms with Crippen LogP contribution in [0.15, 0.2) is 47.1 Å². The Labute approximate surface area is 159 Å². The Morgan fingerprint density at radius 2 is 2.00 bits per heavy atom. The van der Waals surface area contributed by atoms with E-state index in [0.717, 1.165) is 18.5 Å². The fourth-order valence-corrected chi connectivity index (χ4v) is 2.56. The summed E-state index contributed by atoms with van der Waals surface area (Å²) in [5, 5.41) is 5.69. The number of furan rings is 1. The molecule has 7 heteroatoms. The number of amides is 2. The number of nitrogens with zero attached hydrogens (tertiary/aromatic N) is 1. The van der Waals surface area contributed by atoms with E-state index in [4.69, 9.17) is 9.15 Å². The molecule has 2 rings (SSSR count). The molecule has 0 fully saturated rings. The number of hydrogen-bond donors (Lipinski definition) is 2. The van der Waals surface area contributed by atoms with Gasteiger partial charge in [-0.1, -0.05) is 12.1 Å². The summed E-state index contributed by atoms with van der Waals surface area (Å²) >= 11 is 0. The van der Waals surface area contributed by atoms with Gasteiger partial charge in [0.05, 0.1) is 19.4 Å². The van der Waals surface area contributed by atoms with Crippen LogP contribution in [0.25, 0.3) is 0 Å². The molecule has 0 aliphatic carbocycles. The third-order valence-electron chi connectivity index (χ3n) is 3.98. The summed E-state index contributed by atoms with van der Waals surface area (Å²) < 4.78 is 10.2. The first-order chi connectivity index (χ1) is 13.1. The van der Waals surface area contributed by atoms with Crippen molar-refractivity contribution in [3.63, 3.8) is 0 Å². The molecule has 0 spiro atoms. The summed E-state index contributed by atoms with van der Waals surface area (Å²) in [7, 11) is 3.57. The number of benzene rings is 1. The first-order valence-electron chi connectivity index (χ1n) is 8.92. The van der Waals surface area contributed by atoms with E-state index in [0.29, 0.717) is 37.6 Å². The van der Waals surface area contributed by atoms with Gasteiger partial charge >= 0.3 is 0 Å². The third kappa shape index (κ3) is 7.64. The molecule has 2 N–H and O–H groups in total. The minimum atomic E-state index is -0.183. The summed E-state index contributed by atoms with van der Waals surface area (Å²) in [5.74, 6) is 0.460. The van der Waals surface area contributed by atoms with Crippen LogP contribution in [-0.2, 0) is 22.6 Å². The van der Waals surface area contributed by atoms with Crippen molar-refractivity contribution in [2.24, 2.45) is 0 Å². The molecule has 1 aromatic heterocycles. The van der Waals surface area contributed by atoms with Crippen LogP contribution in [-0.4, -0.2) is 50.6 Å². The number of methoxy groups -OCH3 is 1. The number of likely N-dealkylation sites (N-methyl/N-ethyl adjacent to an activating group) is 1. The molecule has 2 aromatic rings. The second kappa shape index (κ2) is 11.2. The van der Waals surface area contributed by atoms with Crippen molar-refractivity contribution in [3.05, 3.63) is 59.5 Å². The number of carbonyl (C=O) groups is 2. The summed E-state index contributed by atoms with van der Waals surface area (Å²) in [5.41, 5.74) is 1.42. The molecule has 0 bridgehead atoms. The fraction of sp³-hybridized carbons (Fsp3) is 0.400. The van der Waals surface area contributed by atoms with E-state index in [1.165, 1.54) is 0 Å². The van der Waals surface area contributed by atoms with Crippen LogP contribution in [0.5, 0.6) is 0 Å². The van der Waals surface area contributed by atoms with Gasteiger partial charge in [-0.05, 0) is 43.3 Å². The second-order valence-electron chi connectivity index (χ2n) is 6.32. The van der Waals surface area contributed by atoms with Crippen molar-refractivity contribution in [1.29, 1.82) is 0 Å². The molecule has 0 aliphatic rings. The smallest absolute Gasteiger partial charge is 0.251 e. The summed E-state index contributed by atoms with van der Waals surface area (Å²) in [6, 6.07) is 10.8. The average molecular weight is 373 g/mol. The lowest BCUT2D eigenvalue weighted by atomic mass is 10.1. The fourth-order valence-electron chi connectivity index (χ4n) is 2.56. The molecule has 0 saturated heterocycles. The van der Waals surface area contributed by atoms with E-state index in [2.05, 4.69) is 10.6 Å². The Kier molecular flexibility index (Phi) is 8.54. The van der Waals surface area contributed by atoms with Crippen LogP contribution in [0, 0.1) is 0 Å². The Bertz CT molecular complexity index is 716. The first-order valence-corrected chi connectivity index (χ1v) is 8.92. The Hall–Kier alpha value is -2.64. The van der Waals surface area contributed by atoms with Gasteiger partial charge in [0, 0.05) is 32.4 Å². The van der Waals surface area contributed by atoms with Crippen LogP contribution in [0.4, 0.5) is 0 Å². The van der Waals surface area contributed by atoms with Gasteiger partial charge < -0.3 is 19.8 Å². The van der Waals surface area contributed by atoms with E-state index in [9.17, 15) is 9.59 Å². The number of carbonyl (C=O) groups excluding carboxylic acids is 2. The maximum Gasteiger partial charge on any atom is 0.251 e. The molecule has 146 valence electrons. The van der Waals surface area contributed by atoms with Crippen molar-refractivity contribution in [2.75, 3.05) is 33.9 Å². The molecule has 1 aromatic carbocycles. The normalized spacial score (nSPS) is 10.8. The zero-order valence-electron chi connectivity index (χ0n) is 15.9. The van der Waals surface area contributed by atoms with Crippen molar-refractivity contribution in [2.45, 2.75) is 19.5 Å². The summed E-state index contributed by atoms with van der Waals surface area (Å²) in [6.07, 6.45) is 2.45. The standard InChI is InChI=1S/C20H27N3O4/c1-23(9-5-10-26-2)15-19(24)21-13-16-6-3-7-17(12-16)20(25)22-14-18-8-4-11-27-18/h3-4,6-8,11-12H,5,9-10,13-15H2,1-2H3,(H,21,24)(H,22,25). The molecule has 0 saturated carbocycles. The predicted octanol–water partition coefficient (Wildman–Crippen LogP) is 1.79. The van der Waals surface area contributed by atoms with Crippen LogP contribution >= 0.6 is 0 Å². The van der Waals surface area contributed by atoms with Gasteiger partial charge in [-0.15, -0.1) is 0 Å². The van der Waals surface area contributed by atoms with E-state index < -0.39 is 0 Å². The summed E-state index contributed by atoms with van der Waals surface area (Å²) in [6.45, 7) is 2.52. The van der Waals surface area contributed by atoms with Crippen molar-refractivity contribution >= 4 is 11.8 Å². The van der Waals surface area contributed by atoms with Gasteiger partial charge in [0.1, 0.15) is 5.76 Å². The highest BCUT2D eigenvalue weighted by atomic mass is 16.5. The van der Waals surface area contributed by atoms with Gasteiger partial charge in [0.2, 0.25) is 5.91 Å². The Balaban J connectivity index is 1.77. The lowest BCUT2D eigenvalue weighted by Gasteiger charge is -2.16. The topological polar surface area (TPSA) is 83.8 Å². The third-order valence-corrected chi connectivity index (χ3v) is 3.98. The number of ether oxygens (including phenoxy) is 1. The molecule has 0 radical (unpaired) electrons. The Morgan fingerprint density at radius 1 is 1.15 bits per heavy atom. The van der Waals surface area contributed by atoms with E-state index in [-0.39, 0.29) is 11.8 Å². The molecular formula is C20H27N3O4. The minimum absolute atomic E-state index is 0.0532. The summed E-state index contributed by atoms with van der Waals surface area (Å²) in [4.78, 5) is 26.2. The monoisotopic (exact) mass is 373 g/mol. The molecule has 27 heavy (non-hydrogen) atoms. The predicted molar refractivity (Wildman–Crippen MR) is 102 cm³/mol. The van der Waals surface area contributed by atoms with Crippen LogP contribution in [0.1, 0.15) is 28.1 Å². The van der Waals surface area contributed by atoms with E-state index in [1.807, 2.05) is 18.0 Å². The maximum absolute atomic E-state index is 12.2. The molecule has 2 amide bonds. The highest BCUT2D eigenvalue weighted by molar-refractivity contribution is 5.94. The minimum Gasteiger partial charge on any atom is -0.467 e. The molecular weight excluding hydrogens is 346 g/mol. The van der Waals surface area contributed by atoms with Crippen LogP contribution in [0.2, 0.25) is 0 Å². The van der Waals surface area contributed by atoms with Crippen molar-refractivity contribution in [3.8, 4) is 0 Å². The molecule has 7 nitrogen and oxygen atoms in total. The largest absolute Gasteiger partial charge is 0.467 e. The zero-order chi connectivity index (χ0) is 19.5. The molecule has 0 aliphatic heterocycles. The first kappa shape index (κ1) is 20.7. The zero-order valence-corrected chi connectivity index (χ0v) is 15.9. The van der Waals surface area contributed by atoms with E-state index in [1.54, 1.807) is 43.7 Å².